The van der Waals surface area contributed by atoms with Gasteiger partial charge in [-0.25, -0.2) is 0 Å². The summed E-state index contributed by atoms with van der Waals surface area (Å²) in [4.78, 5) is 7.35. The van der Waals surface area contributed by atoms with Crippen LogP contribution in [-0.2, 0) is 0 Å². The highest BCUT2D eigenvalue weighted by Gasteiger charge is 1.99. The SMILES string of the molecule is CCCC(=NC)c1ccc[nH]1. The fraction of sp³-hybridized carbons (Fsp3) is 0.444. The van der Waals surface area contributed by atoms with Crippen LogP contribution in [0.25, 0.3) is 0 Å². The van der Waals surface area contributed by atoms with Gasteiger partial charge in [0.2, 0.25) is 0 Å². The van der Waals surface area contributed by atoms with Gasteiger partial charge in [-0.3, -0.25) is 4.99 Å². The van der Waals surface area contributed by atoms with Gasteiger partial charge >= 0.3 is 0 Å². The van der Waals surface area contributed by atoms with E-state index in [4.69, 9.17) is 0 Å². The van der Waals surface area contributed by atoms with Crippen LogP contribution in [0, 0.1) is 0 Å². The van der Waals surface area contributed by atoms with Crippen LogP contribution in [0.15, 0.2) is 23.3 Å². The molecule has 0 aliphatic rings. The first-order valence-corrected chi connectivity index (χ1v) is 3.98. The van der Waals surface area contributed by atoms with Crippen molar-refractivity contribution in [1.82, 2.24) is 4.98 Å². The van der Waals surface area contributed by atoms with E-state index in [-0.39, 0.29) is 0 Å². The number of hydrogen-bond acceptors (Lipinski definition) is 1. The highest BCUT2D eigenvalue weighted by atomic mass is 14.8. The van der Waals surface area contributed by atoms with Crippen LogP contribution >= 0.6 is 0 Å². The standard InChI is InChI=1S/C9H14N2/c1-3-5-8(10-2)9-6-4-7-11-9/h4,6-7,11H,3,5H2,1-2H3. The van der Waals surface area contributed by atoms with E-state index in [1.165, 1.54) is 0 Å². The van der Waals surface area contributed by atoms with E-state index in [2.05, 4.69) is 23.0 Å². The number of H-pyrrole nitrogens is 1. The van der Waals surface area contributed by atoms with Gasteiger partial charge in [0, 0.05) is 13.2 Å². The van der Waals surface area contributed by atoms with Crippen LogP contribution in [0.1, 0.15) is 25.5 Å². The fourth-order valence-corrected chi connectivity index (χ4v) is 1.11. The van der Waals surface area contributed by atoms with E-state index < -0.39 is 0 Å². The summed E-state index contributed by atoms with van der Waals surface area (Å²) < 4.78 is 0. The van der Waals surface area contributed by atoms with E-state index >= 15 is 0 Å². The number of hydrogen-bond donors (Lipinski definition) is 1. The molecule has 1 heterocycles. The van der Waals surface area contributed by atoms with Crippen molar-refractivity contribution in [2.24, 2.45) is 4.99 Å². The van der Waals surface area contributed by atoms with Crippen molar-refractivity contribution >= 4 is 5.71 Å². The number of nitrogens with one attached hydrogen (secondary N) is 1. The molecule has 1 rings (SSSR count). The second-order valence-corrected chi connectivity index (χ2v) is 2.50. The minimum absolute atomic E-state index is 1.05. The number of nitrogens with zero attached hydrogens (tertiary/aromatic N) is 1. The highest BCUT2D eigenvalue weighted by Crippen LogP contribution is 2.03. The van der Waals surface area contributed by atoms with Crippen LogP contribution in [0.5, 0.6) is 0 Å². The molecule has 0 saturated heterocycles. The molecule has 0 saturated carbocycles. The molecule has 0 radical (unpaired) electrons. The predicted octanol–water partition coefficient (Wildman–Crippen LogP) is 2.23. The highest BCUT2D eigenvalue weighted by molar-refractivity contribution is 5.98. The minimum Gasteiger partial charge on any atom is -0.360 e. The zero-order valence-electron chi connectivity index (χ0n) is 7.09. The Labute approximate surface area is 67.4 Å². The number of aromatic nitrogens is 1. The lowest BCUT2D eigenvalue weighted by Crippen LogP contribution is -1.99. The fourth-order valence-electron chi connectivity index (χ4n) is 1.11. The normalized spacial score (nSPS) is 12.0. The third-order valence-electron chi connectivity index (χ3n) is 1.67. The Kier molecular flexibility index (Phi) is 2.90. The van der Waals surface area contributed by atoms with Gasteiger partial charge in [-0.05, 0) is 18.6 Å². The average molecular weight is 150 g/mol. The summed E-state index contributed by atoms with van der Waals surface area (Å²) in [6.07, 6.45) is 4.12. The largest absolute Gasteiger partial charge is 0.360 e. The molecule has 0 spiro atoms. The number of aliphatic imine (C=N–C) groups is 1. The van der Waals surface area contributed by atoms with E-state index in [0.717, 1.165) is 24.2 Å². The molecule has 0 aromatic carbocycles. The van der Waals surface area contributed by atoms with Crippen LogP contribution in [0.2, 0.25) is 0 Å². The summed E-state index contributed by atoms with van der Waals surface area (Å²) in [7, 11) is 1.84. The molecule has 0 atom stereocenters. The molecule has 60 valence electrons. The zero-order valence-corrected chi connectivity index (χ0v) is 7.09. The van der Waals surface area contributed by atoms with Gasteiger partial charge in [-0.15, -0.1) is 0 Å². The van der Waals surface area contributed by atoms with Crippen molar-refractivity contribution in [3.8, 4) is 0 Å². The third-order valence-corrected chi connectivity index (χ3v) is 1.67. The quantitative estimate of drug-likeness (QED) is 0.640. The molecule has 0 bridgehead atoms. The average Bonchev–Trinajstić information content (AvgIpc) is 2.52. The first-order valence-electron chi connectivity index (χ1n) is 3.98. The maximum Gasteiger partial charge on any atom is 0.0594 e. The third kappa shape index (κ3) is 1.93. The summed E-state index contributed by atoms with van der Waals surface area (Å²) >= 11 is 0. The van der Waals surface area contributed by atoms with Gasteiger partial charge in [-0.2, -0.15) is 0 Å². The molecule has 1 N–H and O–H groups in total. The molecule has 2 nitrogen and oxygen atoms in total. The molecule has 0 unspecified atom stereocenters. The molecular formula is C9H14N2. The summed E-state index contributed by atoms with van der Waals surface area (Å²) in [5.74, 6) is 0. The van der Waals surface area contributed by atoms with Crippen LogP contribution in [0.3, 0.4) is 0 Å². The van der Waals surface area contributed by atoms with Gasteiger partial charge < -0.3 is 4.98 Å². The molecule has 0 fully saturated rings. The number of rotatable bonds is 3. The Bertz CT molecular complexity index is 222. The van der Waals surface area contributed by atoms with Crippen molar-refractivity contribution in [2.75, 3.05) is 7.05 Å². The monoisotopic (exact) mass is 150 g/mol. The lowest BCUT2D eigenvalue weighted by molar-refractivity contribution is 0.985. The number of aromatic amines is 1. The molecule has 0 aliphatic heterocycles. The molecule has 0 amide bonds. The smallest absolute Gasteiger partial charge is 0.0594 e. The van der Waals surface area contributed by atoms with Gasteiger partial charge in [0.05, 0.1) is 11.4 Å². The maximum atomic E-state index is 4.21. The Hall–Kier alpha value is -1.05. The van der Waals surface area contributed by atoms with Crippen molar-refractivity contribution in [1.29, 1.82) is 0 Å². The second-order valence-electron chi connectivity index (χ2n) is 2.50. The maximum absolute atomic E-state index is 4.21. The Morgan fingerprint density at radius 1 is 1.64 bits per heavy atom. The van der Waals surface area contributed by atoms with E-state index in [1.807, 2.05) is 19.3 Å². The van der Waals surface area contributed by atoms with Crippen molar-refractivity contribution < 1.29 is 0 Å². The van der Waals surface area contributed by atoms with E-state index in [0.29, 0.717) is 0 Å². The Morgan fingerprint density at radius 2 is 2.45 bits per heavy atom. The van der Waals surface area contributed by atoms with Gasteiger partial charge in [0.1, 0.15) is 0 Å². The van der Waals surface area contributed by atoms with Gasteiger partial charge in [-0.1, -0.05) is 13.3 Å². The van der Waals surface area contributed by atoms with Crippen molar-refractivity contribution in [3.63, 3.8) is 0 Å². The molecule has 0 aliphatic carbocycles. The molecule has 11 heavy (non-hydrogen) atoms. The second kappa shape index (κ2) is 3.96. The molecule has 1 aromatic rings. The molecule has 2 heteroatoms. The molecule has 1 aromatic heterocycles. The van der Waals surface area contributed by atoms with Crippen molar-refractivity contribution in [3.05, 3.63) is 24.0 Å². The first kappa shape index (κ1) is 8.05. The Balaban J connectivity index is 2.72. The summed E-state index contributed by atoms with van der Waals surface area (Å²) in [6.45, 7) is 2.16. The zero-order chi connectivity index (χ0) is 8.10. The van der Waals surface area contributed by atoms with E-state index in [1.54, 1.807) is 0 Å². The van der Waals surface area contributed by atoms with Crippen molar-refractivity contribution in [2.45, 2.75) is 19.8 Å². The first-order chi connectivity index (χ1) is 5.38. The van der Waals surface area contributed by atoms with Crippen LogP contribution in [-0.4, -0.2) is 17.7 Å². The van der Waals surface area contributed by atoms with Gasteiger partial charge in [0.15, 0.2) is 0 Å². The van der Waals surface area contributed by atoms with Crippen LogP contribution in [0.4, 0.5) is 0 Å². The minimum atomic E-state index is 1.05. The lowest BCUT2D eigenvalue weighted by Gasteiger charge is -1.99. The topological polar surface area (TPSA) is 28.1 Å². The summed E-state index contributed by atoms with van der Waals surface area (Å²) in [5.41, 5.74) is 2.31. The predicted molar refractivity (Wildman–Crippen MR) is 48.2 cm³/mol. The molecular weight excluding hydrogens is 136 g/mol. The van der Waals surface area contributed by atoms with Crippen LogP contribution < -0.4 is 0 Å². The Morgan fingerprint density at radius 3 is 2.91 bits per heavy atom. The summed E-state index contributed by atoms with van der Waals surface area (Å²) in [5, 5.41) is 0. The van der Waals surface area contributed by atoms with Gasteiger partial charge in [0.25, 0.3) is 0 Å². The summed E-state index contributed by atoms with van der Waals surface area (Å²) in [6, 6.07) is 4.05. The van der Waals surface area contributed by atoms with E-state index in [9.17, 15) is 0 Å². The lowest BCUT2D eigenvalue weighted by atomic mass is 10.2.